The van der Waals surface area contributed by atoms with Crippen molar-refractivity contribution in [2.45, 2.75) is 53.4 Å². The number of nitrogens with one attached hydrogen (secondary N) is 1. The maximum Gasteiger partial charge on any atom is 0.116 e. The first-order valence-electron chi connectivity index (χ1n) is 14.6. The van der Waals surface area contributed by atoms with Gasteiger partial charge in [0.05, 0.1) is 22.8 Å². The van der Waals surface area contributed by atoms with Gasteiger partial charge in [-0.2, -0.15) is 8.73 Å². The number of aromatic nitrogens is 2. The highest BCUT2D eigenvalue weighted by Crippen LogP contribution is 2.55. The topological polar surface area (TPSA) is 74.3 Å². The summed E-state index contributed by atoms with van der Waals surface area (Å²) in [6.07, 6.45) is 0. The van der Waals surface area contributed by atoms with E-state index in [9.17, 15) is 5.41 Å². The molecule has 0 saturated carbocycles. The van der Waals surface area contributed by atoms with Gasteiger partial charge in [-0.25, -0.2) is 9.97 Å². The fourth-order valence-electron chi connectivity index (χ4n) is 6.61. The Morgan fingerprint density at radius 2 is 1.19 bits per heavy atom. The molecule has 0 unspecified atom stereocenters. The molecule has 8 rings (SSSR count). The average molecular weight is 616 g/mol. The lowest BCUT2D eigenvalue weighted by Gasteiger charge is -2.22. The standard InChI is InChI=1S/C35H29N5S3/c1-15(2)34-17(5)13-22(41-34)25-29-30(26(32-31(25)39-43-40-32)23-14-18(6)35(42-23)16(3)4)38-33-27(36)20-11-7-9-19-10-8-12-21(24(19)20)28(33)37-29/h7-16,36H,1-6H3. The van der Waals surface area contributed by atoms with Crippen LogP contribution in [0.25, 0.3) is 53.9 Å². The molecule has 4 heterocycles. The molecule has 3 aromatic heterocycles. The molecule has 2 aliphatic rings. The second-order valence-electron chi connectivity index (χ2n) is 12.0. The lowest BCUT2D eigenvalue weighted by Crippen LogP contribution is -2.14. The normalized spacial score (nSPS) is 13.4. The molecule has 1 aliphatic carbocycles. The van der Waals surface area contributed by atoms with Crippen LogP contribution < -0.4 is 0 Å². The molecule has 1 N–H and O–H groups in total. The minimum Gasteiger partial charge on any atom is -0.298 e. The van der Waals surface area contributed by atoms with Crippen molar-refractivity contribution in [1.29, 1.82) is 5.41 Å². The van der Waals surface area contributed by atoms with Crippen LogP contribution in [0.15, 0.2) is 57.3 Å². The van der Waals surface area contributed by atoms with Crippen LogP contribution in [0.1, 0.15) is 71.7 Å². The lowest BCUT2D eigenvalue weighted by molar-refractivity contribution is 0.881. The second-order valence-corrected chi connectivity index (χ2v) is 14.7. The summed E-state index contributed by atoms with van der Waals surface area (Å²) in [5.74, 6) is 0.839. The molecular formula is C35H29N5S3. The van der Waals surface area contributed by atoms with E-state index in [2.05, 4.69) is 77.9 Å². The Kier molecular flexibility index (Phi) is 5.96. The molecule has 0 atom stereocenters. The van der Waals surface area contributed by atoms with Crippen LogP contribution in [0.2, 0.25) is 0 Å². The van der Waals surface area contributed by atoms with Gasteiger partial charge in [0.1, 0.15) is 28.1 Å². The largest absolute Gasteiger partial charge is 0.298 e. The number of fused-ring (bicyclic) bond motifs is 4. The molecule has 0 amide bonds. The van der Waals surface area contributed by atoms with Crippen molar-refractivity contribution in [3.63, 3.8) is 0 Å². The number of aryl methyl sites for hydroxylation is 2. The Balaban J connectivity index is 1.54. The average Bonchev–Trinajstić information content (AvgIpc) is 3.72. The van der Waals surface area contributed by atoms with Crippen LogP contribution >= 0.6 is 22.7 Å². The van der Waals surface area contributed by atoms with Crippen molar-refractivity contribution in [3.05, 3.63) is 80.7 Å². The molecule has 1 aliphatic heterocycles. The lowest BCUT2D eigenvalue weighted by atomic mass is 9.87. The molecule has 6 aromatic rings. The van der Waals surface area contributed by atoms with E-state index in [4.69, 9.17) is 18.7 Å². The highest BCUT2D eigenvalue weighted by atomic mass is 32.1. The number of hydrogen-bond donors (Lipinski definition) is 1. The SMILES string of the molecule is Cc1cc(-c2c3c(c(-c4cc(C)c(C(C)C)s4)c4nc5c(nc24)C(=N)c2cccc4cccc-5c24)N=S=N3)sc1C(C)C. The van der Waals surface area contributed by atoms with Crippen LogP contribution in [0.5, 0.6) is 0 Å². The minimum atomic E-state index is 0.414. The summed E-state index contributed by atoms with van der Waals surface area (Å²) in [6, 6.07) is 17.0. The fourth-order valence-corrected chi connectivity index (χ4v) is 9.62. The third-order valence-corrected chi connectivity index (χ3v) is 12.1. The van der Waals surface area contributed by atoms with Crippen LogP contribution in [-0.2, 0) is 11.4 Å². The molecule has 212 valence electrons. The van der Waals surface area contributed by atoms with Crippen molar-refractivity contribution in [1.82, 2.24) is 9.97 Å². The fraction of sp³-hybridized carbons (Fsp3) is 0.229. The highest BCUT2D eigenvalue weighted by Gasteiger charge is 2.32. The van der Waals surface area contributed by atoms with Crippen LogP contribution in [0.4, 0.5) is 11.4 Å². The highest BCUT2D eigenvalue weighted by molar-refractivity contribution is 7.58. The summed E-state index contributed by atoms with van der Waals surface area (Å²) < 4.78 is 9.81. The van der Waals surface area contributed by atoms with Gasteiger partial charge in [0, 0.05) is 47.1 Å². The van der Waals surface area contributed by atoms with Gasteiger partial charge in [0.2, 0.25) is 0 Å². The van der Waals surface area contributed by atoms with Crippen LogP contribution in [-0.4, -0.2) is 15.7 Å². The zero-order chi connectivity index (χ0) is 29.7. The first kappa shape index (κ1) is 26.8. The van der Waals surface area contributed by atoms with Gasteiger partial charge in [0.15, 0.2) is 0 Å². The maximum absolute atomic E-state index is 9.34. The van der Waals surface area contributed by atoms with Crippen molar-refractivity contribution < 1.29 is 0 Å². The second kappa shape index (κ2) is 9.58. The monoisotopic (exact) mass is 615 g/mol. The summed E-state index contributed by atoms with van der Waals surface area (Å²) in [4.78, 5) is 15.8. The number of rotatable bonds is 4. The summed E-state index contributed by atoms with van der Waals surface area (Å²) in [5, 5.41) is 11.5. The van der Waals surface area contributed by atoms with E-state index in [1.807, 2.05) is 23.5 Å². The van der Waals surface area contributed by atoms with Crippen molar-refractivity contribution in [2.24, 2.45) is 8.73 Å². The maximum atomic E-state index is 9.34. The van der Waals surface area contributed by atoms with Crippen LogP contribution in [0.3, 0.4) is 0 Å². The zero-order valence-electron chi connectivity index (χ0n) is 24.8. The molecule has 3 aromatic carbocycles. The number of nitrogens with zero attached hydrogens (tertiary/aromatic N) is 4. The zero-order valence-corrected chi connectivity index (χ0v) is 27.2. The smallest absolute Gasteiger partial charge is 0.116 e. The van der Waals surface area contributed by atoms with Crippen molar-refractivity contribution >= 4 is 72.9 Å². The van der Waals surface area contributed by atoms with Crippen LogP contribution in [0, 0.1) is 19.3 Å². The summed E-state index contributed by atoms with van der Waals surface area (Å²) in [5.41, 5.74) is 11.6. The minimum absolute atomic E-state index is 0.414. The summed E-state index contributed by atoms with van der Waals surface area (Å²) in [6.45, 7) is 13.3. The third kappa shape index (κ3) is 3.83. The van der Waals surface area contributed by atoms with Gasteiger partial charge in [-0.1, -0.05) is 64.1 Å². The van der Waals surface area contributed by atoms with Crippen molar-refractivity contribution in [2.75, 3.05) is 0 Å². The van der Waals surface area contributed by atoms with Gasteiger partial charge in [-0.3, -0.25) is 5.41 Å². The van der Waals surface area contributed by atoms with E-state index in [1.165, 1.54) is 32.2 Å². The van der Waals surface area contributed by atoms with E-state index >= 15 is 0 Å². The number of benzene rings is 3. The molecular weight excluding hydrogens is 587 g/mol. The summed E-state index contributed by atoms with van der Waals surface area (Å²) >= 11 is 4.87. The molecule has 8 heteroatoms. The molecule has 5 nitrogen and oxygen atoms in total. The number of hydrogen-bond acceptors (Lipinski definition) is 7. The molecule has 0 bridgehead atoms. The molecule has 0 spiro atoms. The van der Waals surface area contributed by atoms with Crippen molar-refractivity contribution in [3.8, 4) is 32.1 Å². The first-order valence-corrected chi connectivity index (χ1v) is 16.9. The first-order chi connectivity index (χ1) is 20.7. The Morgan fingerprint density at radius 1 is 0.674 bits per heavy atom. The van der Waals surface area contributed by atoms with E-state index in [0.29, 0.717) is 23.2 Å². The predicted molar refractivity (Wildman–Crippen MR) is 184 cm³/mol. The Labute approximate surface area is 262 Å². The Morgan fingerprint density at radius 3 is 1.70 bits per heavy atom. The summed E-state index contributed by atoms with van der Waals surface area (Å²) in [7, 11) is 0. The quantitative estimate of drug-likeness (QED) is 0.214. The Bertz CT molecular complexity index is 2270. The van der Waals surface area contributed by atoms with Gasteiger partial charge < -0.3 is 0 Å². The van der Waals surface area contributed by atoms with E-state index in [1.54, 1.807) is 11.3 Å². The predicted octanol–water partition coefficient (Wildman–Crippen LogP) is 11.2. The molecule has 0 saturated heterocycles. The molecule has 0 fully saturated rings. The van der Waals surface area contributed by atoms with E-state index in [-0.39, 0.29) is 0 Å². The van der Waals surface area contributed by atoms with E-state index in [0.717, 1.165) is 70.9 Å². The molecule has 0 radical (unpaired) electrons. The number of thiophene rings is 2. The van der Waals surface area contributed by atoms with Gasteiger partial charge in [0.25, 0.3) is 0 Å². The van der Waals surface area contributed by atoms with Gasteiger partial charge >= 0.3 is 0 Å². The van der Waals surface area contributed by atoms with Gasteiger partial charge in [-0.05, 0) is 54.3 Å². The third-order valence-electron chi connectivity index (χ3n) is 8.45. The molecule has 43 heavy (non-hydrogen) atoms. The van der Waals surface area contributed by atoms with Gasteiger partial charge in [-0.15, -0.1) is 22.7 Å². The van der Waals surface area contributed by atoms with E-state index < -0.39 is 0 Å². The Hall–Kier alpha value is -3.85.